The smallest absolute Gasteiger partial charge is 0.418 e. The first kappa shape index (κ1) is 26.2. The summed E-state index contributed by atoms with van der Waals surface area (Å²) in [5, 5.41) is 28.2. The summed E-state index contributed by atoms with van der Waals surface area (Å²) in [7, 11) is 0. The van der Waals surface area contributed by atoms with Crippen molar-refractivity contribution in [3.05, 3.63) is 23.6 Å². The molecule has 6 nitrogen and oxygen atoms in total. The van der Waals surface area contributed by atoms with E-state index in [1.807, 2.05) is 6.92 Å². The summed E-state index contributed by atoms with van der Waals surface area (Å²) in [4.78, 5) is 0. The lowest BCUT2D eigenvalue weighted by atomic mass is 9.30. The van der Waals surface area contributed by atoms with Crippen molar-refractivity contribution >= 4 is 10.9 Å². The topological polar surface area (TPSA) is 79.5 Å². The second kappa shape index (κ2) is 8.00. The van der Waals surface area contributed by atoms with E-state index in [0.717, 1.165) is 10.7 Å². The molecular formula is C26H31F6N3O3. The minimum absolute atomic E-state index is 0.0905. The Morgan fingerprint density at radius 3 is 2.37 bits per heavy atom. The normalized spacial score (nSPS) is 40.6. The number of rotatable bonds is 6. The molecule has 2 heterocycles. The largest absolute Gasteiger partial charge is 0.492 e. The van der Waals surface area contributed by atoms with Crippen molar-refractivity contribution < 1.29 is 41.3 Å². The zero-order valence-electron chi connectivity index (χ0n) is 21.1. The van der Waals surface area contributed by atoms with E-state index in [-0.39, 0.29) is 62.3 Å². The Kier molecular flexibility index (Phi) is 5.51. The SMILES string of the molecule is C[C@H]1C[C@@](O)(C23CC(C(F)F)(C2)C3)C[C@@H](COc2cc(C(F)(F)F)c3c(c2)c(F)nn3C2CC(C)(O)C2)N1. The van der Waals surface area contributed by atoms with Crippen molar-refractivity contribution in [2.75, 3.05) is 6.61 Å². The summed E-state index contributed by atoms with van der Waals surface area (Å²) in [5.41, 5.74) is -5.21. The molecule has 1 saturated heterocycles. The lowest BCUT2D eigenvalue weighted by molar-refractivity contribution is -0.341. The van der Waals surface area contributed by atoms with Gasteiger partial charge < -0.3 is 20.3 Å². The maximum atomic E-state index is 14.8. The van der Waals surface area contributed by atoms with Crippen molar-refractivity contribution in [3.63, 3.8) is 0 Å². The van der Waals surface area contributed by atoms with E-state index in [0.29, 0.717) is 6.42 Å². The molecule has 5 aliphatic rings. The molecule has 1 aliphatic heterocycles. The van der Waals surface area contributed by atoms with Crippen LogP contribution in [0.3, 0.4) is 0 Å². The van der Waals surface area contributed by atoms with Crippen molar-refractivity contribution in [2.24, 2.45) is 10.8 Å². The molecule has 3 N–H and O–H groups in total. The van der Waals surface area contributed by atoms with Gasteiger partial charge in [0.1, 0.15) is 12.4 Å². The van der Waals surface area contributed by atoms with Gasteiger partial charge in [0.15, 0.2) is 0 Å². The van der Waals surface area contributed by atoms with Crippen LogP contribution in [0.1, 0.15) is 70.4 Å². The summed E-state index contributed by atoms with van der Waals surface area (Å²) in [6, 6.07) is 0.865. The summed E-state index contributed by atoms with van der Waals surface area (Å²) in [6.45, 7) is 3.34. The van der Waals surface area contributed by atoms with Crippen LogP contribution in [-0.4, -0.2) is 56.3 Å². The quantitative estimate of drug-likeness (QED) is 0.446. The molecule has 12 heteroatoms. The number of aliphatic hydroxyl groups is 2. The minimum atomic E-state index is -4.81. The lowest BCUT2D eigenvalue weighted by Crippen LogP contribution is -2.76. The zero-order chi connectivity index (χ0) is 27.5. The fraction of sp³-hybridized carbons (Fsp3) is 0.731. The van der Waals surface area contributed by atoms with E-state index in [9.17, 15) is 36.6 Å². The van der Waals surface area contributed by atoms with E-state index in [1.54, 1.807) is 6.92 Å². The van der Waals surface area contributed by atoms with Crippen LogP contribution in [0.15, 0.2) is 12.1 Å². The highest BCUT2D eigenvalue weighted by atomic mass is 19.4. The van der Waals surface area contributed by atoms with Gasteiger partial charge in [-0.25, -0.2) is 8.78 Å². The van der Waals surface area contributed by atoms with E-state index >= 15 is 0 Å². The molecule has 2 bridgehead atoms. The van der Waals surface area contributed by atoms with Crippen LogP contribution in [0.25, 0.3) is 10.9 Å². The molecule has 3 atom stereocenters. The fourth-order valence-corrected chi connectivity index (χ4v) is 7.75. The maximum absolute atomic E-state index is 14.8. The number of ether oxygens (including phenoxy) is 1. The Balaban J connectivity index is 1.22. The first-order valence-electron chi connectivity index (χ1n) is 13.0. The number of aromatic nitrogens is 2. The Morgan fingerprint density at radius 2 is 1.79 bits per heavy atom. The van der Waals surface area contributed by atoms with Crippen molar-refractivity contribution in [1.82, 2.24) is 15.1 Å². The van der Waals surface area contributed by atoms with Crippen LogP contribution in [-0.2, 0) is 6.18 Å². The van der Waals surface area contributed by atoms with Crippen LogP contribution >= 0.6 is 0 Å². The first-order chi connectivity index (χ1) is 17.6. The van der Waals surface area contributed by atoms with E-state index in [1.165, 1.54) is 6.07 Å². The average molecular weight is 548 g/mol. The molecule has 7 rings (SSSR count). The summed E-state index contributed by atoms with van der Waals surface area (Å²) < 4.78 is 90.4. The first-order valence-corrected chi connectivity index (χ1v) is 13.0. The number of nitrogens with zero attached hydrogens (tertiary/aromatic N) is 2. The standard InChI is InChI=1S/C26H31F6N3O3/c1-13-5-25(37,24-10-23(11-24,12-24)21(28)29)6-14(33-13)9-38-16-3-17-19(18(4-16)26(30,31)32)35(34-20(17)27)15-7-22(2,36)8-15/h3-4,13-15,21,33,36-37H,5-12H2,1-2H3/t13-,14-,15?,22?,23?,24?,25-/m0/s1. The highest BCUT2D eigenvalue weighted by Gasteiger charge is 2.78. The number of hydrogen-bond acceptors (Lipinski definition) is 5. The van der Waals surface area contributed by atoms with Gasteiger partial charge >= 0.3 is 6.18 Å². The Bertz CT molecular complexity index is 1250. The van der Waals surface area contributed by atoms with Crippen molar-refractivity contribution in [2.45, 2.75) is 101 Å². The molecular weight excluding hydrogens is 516 g/mol. The molecule has 2 aromatic rings. The molecule has 0 spiro atoms. The van der Waals surface area contributed by atoms with Gasteiger partial charge in [-0.2, -0.15) is 17.6 Å². The van der Waals surface area contributed by atoms with Gasteiger partial charge in [-0.1, -0.05) is 0 Å². The predicted molar refractivity (Wildman–Crippen MR) is 124 cm³/mol. The second-order valence-electron chi connectivity index (χ2n) is 12.6. The number of fused-ring (bicyclic) bond motifs is 1. The third-order valence-electron chi connectivity index (χ3n) is 9.45. The highest BCUT2D eigenvalue weighted by molar-refractivity contribution is 5.85. The number of hydrogen-bond donors (Lipinski definition) is 3. The van der Waals surface area contributed by atoms with Gasteiger partial charge in [-0.3, -0.25) is 4.68 Å². The summed E-state index contributed by atoms with van der Waals surface area (Å²) in [6.07, 6.45) is -5.45. The molecule has 1 aromatic heterocycles. The molecule has 0 radical (unpaired) electrons. The Labute approximate surface area is 215 Å². The zero-order valence-corrected chi connectivity index (χ0v) is 21.1. The maximum Gasteiger partial charge on any atom is 0.418 e. The van der Waals surface area contributed by atoms with Gasteiger partial charge in [0.2, 0.25) is 12.4 Å². The molecule has 4 aliphatic carbocycles. The molecule has 4 saturated carbocycles. The molecule has 0 unspecified atom stereocenters. The number of halogens is 6. The number of alkyl halides is 5. The lowest BCUT2D eigenvalue weighted by Gasteiger charge is -2.76. The van der Waals surface area contributed by atoms with Gasteiger partial charge in [-0.05, 0) is 70.9 Å². The van der Waals surface area contributed by atoms with Gasteiger partial charge in [-0.15, -0.1) is 5.10 Å². The van der Waals surface area contributed by atoms with Gasteiger partial charge in [0, 0.05) is 22.9 Å². The average Bonchev–Trinajstić information content (AvgIpc) is 3.02. The van der Waals surface area contributed by atoms with Crippen LogP contribution in [0.5, 0.6) is 5.75 Å². The fourth-order valence-electron chi connectivity index (χ4n) is 7.75. The minimum Gasteiger partial charge on any atom is -0.492 e. The number of benzene rings is 1. The highest BCUT2D eigenvalue weighted by Crippen LogP contribution is 2.80. The molecule has 5 fully saturated rings. The number of nitrogens with one attached hydrogen (secondary N) is 1. The predicted octanol–water partition coefficient (Wildman–Crippen LogP) is 4.97. The summed E-state index contributed by atoms with van der Waals surface area (Å²) in [5.74, 6) is -1.24. The van der Waals surface area contributed by atoms with Crippen LogP contribution in [0, 0.1) is 16.8 Å². The van der Waals surface area contributed by atoms with Crippen LogP contribution < -0.4 is 10.1 Å². The third-order valence-corrected chi connectivity index (χ3v) is 9.45. The Hall–Kier alpha value is -2.05. The van der Waals surface area contributed by atoms with Crippen LogP contribution in [0.4, 0.5) is 26.3 Å². The second-order valence-corrected chi connectivity index (χ2v) is 12.6. The van der Waals surface area contributed by atoms with Crippen molar-refractivity contribution in [1.29, 1.82) is 0 Å². The summed E-state index contributed by atoms with van der Waals surface area (Å²) >= 11 is 0. The van der Waals surface area contributed by atoms with E-state index in [4.69, 9.17) is 4.74 Å². The third kappa shape index (κ3) is 3.84. The molecule has 38 heavy (non-hydrogen) atoms. The monoisotopic (exact) mass is 547 g/mol. The van der Waals surface area contributed by atoms with E-state index < -0.39 is 63.7 Å². The Morgan fingerprint density at radius 1 is 1.13 bits per heavy atom. The molecule has 0 amide bonds. The van der Waals surface area contributed by atoms with Crippen molar-refractivity contribution in [3.8, 4) is 5.75 Å². The number of piperidine rings is 1. The molecule has 210 valence electrons. The van der Waals surface area contributed by atoms with Gasteiger partial charge in [0.25, 0.3) is 0 Å². The van der Waals surface area contributed by atoms with E-state index in [2.05, 4.69) is 10.4 Å². The molecule has 1 aromatic carbocycles. The van der Waals surface area contributed by atoms with Crippen LogP contribution in [0.2, 0.25) is 0 Å². The van der Waals surface area contributed by atoms with Gasteiger partial charge in [0.05, 0.1) is 33.7 Å².